The minimum atomic E-state index is -2.96. The molecule has 0 amide bonds. The normalized spacial score (nSPS) is 19.3. The zero-order chi connectivity index (χ0) is 21.1. The van der Waals surface area contributed by atoms with E-state index in [0.717, 1.165) is 16.9 Å². The third-order valence-corrected chi connectivity index (χ3v) is 7.29. The molecular formula is C22H25FN2O4S. The summed E-state index contributed by atoms with van der Waals surface area (Å²) >= 11 is 0. The number of aromatic nitrogens is 2. The molecule has 0 radical (unpaired) electrons. The van der Waals surface area contributed by atoms with Gasteiger partial charge in [-0.05, 0) is 30.5 Å². The largest absolute Gasteiger partial charge is 0.389 e. The quantitative estimate of drug-likeness (QED) is 0.592. The van der Waals surface area contributed by atoms with Crippen molar-refractivity contribution >= 4 is 20.9 Å². The SMILES string of the molecule is O=S1(=O)CCC(Cc2nc3ccccc3n2CC(O)COCc2ccccc2F)C1. The Balaban J connectivity index is 1.45. The summed E-state index contributed by atoms with van der Waals surface area (Å²) in [4.78, 5) is 4.68. The van der Waals surface area contributed by atoms with Crippen molar-refractivity contribution in [1.29, 1.82) is 0 Å². The van der Waals surface area contributed by atoms with Crippen molar-refractivity contribution in [2.45, 2.75) is 32.1 Å². The molecule has 0 aliphatic carbocycles. The Bertz CT molecular complexity index is 1130. The Labute approximate surface area is 175 Å². The third kappa shape index (κ3) is 4.88. The number of hydrogen-bond acceptors (Lipinski definition) is 5. The Kier molecular flexibility index (Phi) is 6.17. The summed E-state index contributed by atoms with van der Waals surface area (Å²) < 4.78 is 44.8. The standard InChI is InChI=1S/C22H25FN2O4S/c23-19-6-2-1-5-17(19)13-29-14-18(26)12-25-21-8-4-3-7-20(21)24-22(25)11-16-9-10-30(27,28)15-16/h1-8,16,18,26H,9-15H2. The Hall–Kier alpha value is -2.29. The van der Waals surface area contributed by atoms with Crippen molar-refractivity contribution in [2.75, 3.05) is 18.1 Å². The average molecular weight is 433 g/mol. The minimum Gasteiger partial charge on any atom is -0.389 e. The van der Waals surface area contributed by atoms with Gasteiger partial charge in [0.25, 0.3) is 0 Å². The molecule has 3 aromatic rings. The third-order valence-electron chi connectivity index (χ3n) is 5.45. The molecule has 0 spiro atoms. The van der Waals surface area contributed by atoms with Crippen LogP contribution in [0.5, 0.6) is 0 Å². The van der Waals surface area contributed by atoms with Crippen LogP contribution in [-0.2, 0) is 34.1 Å². The summed E-state index contributed by atoms with van der Waals surface area (Å²) in [6.07, 6.45) is 0.386. The van der Waals surface area contributed by atoms with Crippen molar-refractivity contribution in [3.8, 4) is 0 Å². The summed E-state index contributed by atoms with van der Waals surface area (Å²) in [7, 11) is -2.96. The van der Waals surface area contributed by atoms with E-state index in [0.29, 0.717) is 18.4 Å². The molecule has 1 aliphatic heterocycles. The molecule has 1 N–H and O–H groups in total. The second-order valence-corrected chi connectivity index (χ2v) is 10.1. The predicted octanol–water partition coefficient (Wildman–Crippen LogP) is 2.73. The van der Waals surface area contributed by atoms with Gasteiger partial charge in [0.1, 0.15) is 11.6 Å². The lowest BCUT2D eigenvalue weighted by molar-refractivity contribution is 0.0195. The van der Waals surface area contributed by atoms with Crippen LogP contribution >= 0.6 is 0 Å². The maximum atomic E-state index is 13.7. The van der Waals surface area contributed by atoms with E-state index >= 15 is 0 Å². The highest BCUT2D eigenvalue weighted by atomic mass is 32.2. The summed E-state index contributed by atoms with van der Waals surface area (Å²) in [5.74, 6) is 0.891. The molecule has 1 aliphatic rings. The maximum Gasteiger partial charge on any atom is 0.150 e. The first-order valence-electron chi connectivity index (χ1n) is 10.0. The van der Waals surface area contributed by atoms with Gasteiger partial charge in [-0.15, -0.1) is 0 Å². The Morgan fingerprint density at radius 3 is 2.73 bits per heavy atom. The number of sulfone groups is 1. The number of nitrogens with zero attached hydrogens (tertiary/aromatic N) is 2. The molecule has 1 saturated heterocycles. The van der Waals surface area contributed by atoms with Crippen LogP contribution in [0.1, 0.15) is 17.8 Å². The lowest BCUT2D eigenvalue weighted by atomic mass is 10.1. The number of para-hydroxylation sites is 2. The van der Waals surface area contributed by atoms with Gasteiger partial charge in [-0.2, -0.15) is 0 Å². The predicted molar refractivity (Wildman–Crippen MR) is 112 cm³/mol. The molecule has 6 nitrogen and oxygen atoms in total. The van der Waals surface area contributed by atoms with Crippen LogP contribution in [0.2, 0.25) is 0 Å². The molecule has 2 aromatic carbocycles. The number of aliphatic hydroxyl groups is 1. The number of imidazole rings is 1. The van der Waals surface area contributed by atoms with Gasteiger partial charge in [0.2, 0.25) is 0 Å². The smallest absolute Gasteiger partial charge is 0.150 e. The number of hydrogen-bond donors (Lipinski definition) is 1. The van der Waals surface area contributed by atoms with Crippen LogP contribution in [0.3, 0.4) is 0 Å². The summed E-state index contributed by atoms with van der Waals surface area (Å²) in [6, 6.07) is 14.0. The fourth-order valence-electron chi connectivity index (χ4n) is 3.96. The monoisotopic (exact) mass is 432 g/mol. The van der Waals surface area contributed by atoms with E-state index in [1.807, 2.05) is 28.8 Å². The van der Waals surface area contributed by atoms with E-state index in [4.69, 9.17) is 4.74 Å². The number of halogens is 1. The molecule has 1 aromatic heterocycles. The van der Waals surface area contributed by atoms with E-state index < -0.39 is 15.9 Å². The second kappa shape index (κ2) is 8.83. The Morgan fingerprint density at radius 1 is 1.20 bits per heavy atom. The minimum absolute atomic E-state index is 0.0417. The zero-order valence-electron chi connectivity index (χ0n) is 16.6. The van der Waals surface area contributed by atoms with Gasteiger partial charge in [-0.1, -0.05) is 30.3 Å². The van der Waals surface area contributed by atoms with Crippen molar-refractivity contribution in [1.82, 2.24) is 9.55 Å². The van der Waals surface area contributed by atoms with E-state index in [1.165, 1.54) is 6.07 Å². The number of fused-ring (bicyclic) bond motifs is 1. The van der Waals surface area contributed by atoms with Gasteiger partial charge in [0, 0.05) is 12.0 Å². The molecule has 2 atom stereocenters. The first-order chi connectivity index (χ1) is 14.4. The van der Waals surface area contributed by atoms with Crippen LogP contribution < -0.4 is 0 Å². The molecule has 30 heavy (non-hydrogen) atoms. The lowest BCUT2D eigenvalue weighted by Gasteiger charge is -2.16. The molecule has 160 valence electrons. The lowest BCUT2D eigenvalue weighted by Crippen LogP contribution is -2.24. The number of aliphatic hydroxyl groups excluding tert-OH is 1. The zero-order valence-corrected chi connectivity index (χ0v) is 17.4. The number of ether oxygens (including phenoxy) is 1. The molecule has 4 rings (SSSR count). The molecule has 0 bridgehead atoms. The highest BCUT2D eigenvalue weighted by Crippen LogP contribution is 2.25. The molecule has 0 saturated carbocycles. The molecule has 8 heteroatoms. The fourth-order valence-corrected chi connectivity index (χ4v) is 5.82. The molecule has 2 unspecified atom stereocenters. The van der Waals surface area contributed by atoms with Crippen LogP contribution in [0, 0.1) is 11.7 Å². The van der Waals surface area contributed by atoms with Crippen LogP contribution in [0.25, 0.3) is 11.0 Å². The van der Waals surface area contributed by atoms with Crippen LogP contribution in [0.4, 0.5) is 4.39 Å². The highest BCUT2D eigenvalue weighted by molar-refractivity contribution is 7.91. The van der Waals surface area contributed by atoms with Gasteiger partial charge in [-0.3, -0.25) is 0 Å². The highest BCUT2D eigenvalue weighted by Gasteiger charge is 2.29. The second-order valence-electron chi connectivity index (χ2n) is 7.86. The van der Waals surface area contributed by atoms with Crippen molar-refractivity contribution in [3.63, 3.8) is 0 Å². The molecule has 1 fully saturated rings. The van der Waals surface area contributed by atoms with E-state index in [2.05, 4.69) is 4.98 Å². The number of benzene rings is 2. The maximum absolute atomic E-state index is 13.7. The van der Waals surface area contributed by atoms with Gasteiger partial charge >= 0.3 is 0 Å². The van der Waals surface area contributed by atoms with Crippen LogP contribution in [-0.4, -0.2) is 47.3 Å². The van der Waals surface area contributed by atoms with Crippen molar-refractivity contribution < 1.29 is 22.7 Å². The summed E-state index contributed by atoms with van der Waals surface area (Å²) in [6.45, 7) is 0.409. The van der Waals surface area contributed by atoms with Crippen molar-refractivity contribution in [3.05, 3.63) is 65.7 Å². The molecular weight excluding hydrogens is 407 g/mol. The van der Waals surface area contributed by atoms with Crippen molar-refractivity contribution in [2.24, 2.45) is 5.92 Å². The van der Waals surface area contributed by atoms with E-state index in [-0.39, 0.29) is 43.0 Å². The Morgan fingerprint density at radius 2 is 1.97 bits per heavy atom. The topological polar surface area (TPSA) is 81.4 Å². The summed E-state index contributed by atoms with van der Waals surface area (Å²) in [5.41, 5.74) is 2.15. The fraction of sp³-hybridized carbons (Fsp3) is 0.409. The van der Waals surface area contributed by atoms with Gasteiger partial charge in [-0.25, -0.2) is 17.8 Å². The van der Waals surface area contributed by atoms with Crippen LogP contribution in [0.15, 0.2) is 48.5 Å². The van der Waals surface area contributed by atoms with Gasteiger partial charge in [0.05, 0.1) is 48.4 Å². The first kappa shape index (κ1) is 21.0. The van der Waals surface area contributed by atoms with Gasteiger partial charge < -0.3 is 14.4 Å². The van der Waals surface area contributed by atoms with Gasteiger partial charge in [0.15, 0.2) is 9.84 Å². The molecule has 2 heterocycles. The average Bonchev–Trinajstić information content (AvgIpc) is 3.23. The van der Waals surface area contributed by atoms with E-state index in [9.17, 15) is 17.9 Å². The number of rotatable bonds is 8. The first-order valence-corrected chi connectivity index (χ1v) is 11.9. The summed E-state index contributed by atoms with van der Waals surface area (Å²) in [5, 5.41) is 10.5. The van der Waals surface area contributed by atoms with E-state index in [1.54, 1.807) is 18.2 Å².